The van der Waals surface area contributed by atoms with E-state index in [4.69, 9.17) is 4.74 Å². The standard InChI is InChI=1S/C13H15FN2O/c1-10-8-11(2)16(15-10)6-7-17-13-5-3-4-12(14)9-13/h3-5,8-9H,6-7H2,1-2H3. The lowest BCUT2D eigenvalue weighted by atomic mass is 10.3. The SMILES string of the molecule is Cc1cc(C)n(CCOc2cccc(F)c2)n1. The molecule has 1 aromatic heterocycles. The second-order valence-electron chi connectivity index (χ2n) is 3.96. The zero-order valence-electron chi connectivity index (χ0n) is 9.98. The molecule has 2 aromatic rings. The number of ether oxygens (including phenoxy) is 1. The van der Waals surface area contributed by atoms with Gasteiger partial charge in [0.2, 0.25) is 0 Å². The smallest absolute Gasteiger partial charge is 0.126 e. The first-order valence-corrected chi connectivity index (χ1v) is 5.54. The summed E-state index contributed by atoms with van der Waals surface area (Å²) in [6, 6.07) is 8.16. The van der Waals surface area contributed by atoms with Crippen molar-refractivity contribution >= 4 is 0 Å². The van der Waals surface area contributed by atoms with E-state index in [1.54, 1.807) is 12.1 Å². The van der Waals surface area contributed by atoms with Gasteiger partial charge in [0.05, 0.1) is 12.2 Å². The third-order valence-corrected chi connectivity index (χ3v) is 2.47. The molecule has 0 spiro atoms. The minimum absolute atomic E-state index is 0.284. The summed E-state index contributed by atoms with van der Waals surface area (Å²) in [4.78, 5) is 0. The Balaban J connectivity index is 1.89. The van der Waals surface area contributed by atoms with Crippen LogP contribution in [0, 0.1) is 19.7 Å². The summed E-state index contributed by atoms with van der Waals surface area (Å²) in [5.41, 5.74) is 2.10. The van der Waals surface area contributed by atoms with Gasteiger partial charge < -0.3 is 4.74 Å². The van der Waals surface area contributed by atoms with E-state index in [2.05, 4.69) is 5.10 Å². The molecule has 0 saturated carbocycles. The average molecular weight is 234 g/mol. The molecule has 0 N–H and O–H groups in total. The van der Waals surface area contributed by atoms with Crippen LogP contribution < -0.4 is 4.74 Å². The summed E-state index contributed by atoms with van der Waals surface area (Å²) in [6.07, 6.45) is 0. The molecule has 0 amide bonds. The van der Waals surface area contributed by atoms with E-state index < -0.39 is 0 Å². The molecule has 0 aliphatic rings. The molecule has 0 saturated heterocycles. The summed E-state index contributed by atoms with van der Waals surface area (Å²) in [5, 5.41) is 4.32. The van der Waals surface area contributed by atoms with E-state index in [-0.39, 0.29) is 5.82 Å². The van der Waals surface area contributed by atoms with E-state index in [1.807, 2.05) is 24.6 Å². The Morgan fingerprint density at radius 1 is 1.29 bits per heavy atom. The fourth-order valence-electron chi connectivity index (χ4n) is 1.71. The summed E-state index contributed by atoms with van der Waals surface area (Å²) in [6.45, 7) is 5.10. The van der Waals surface area contributed by atoms with E-state index in [0.717, 1.165) is 11.4 Å². The van der Waals surface area contributed by atoms with Crippen molar-refractivity contribution in [1.29, 1.82) is 0 Å². The Labute approximate surface area is 99.8 Å². The Morgan fingerprint density at radius 3 is 2.76 bits per heavy atom. The van der Waals surface area contributed by atoms with E-state index >= 15 is 0 Å². The Hall–Kier alpha value is -1.84. The molecular weight excluding hydrogens is 219 g/mol. The largest absolute Gasteiger partial charge is 0.492 e. The molecule has 17 heavy (non-hydrogen) atoms. The van der Waals surface area contributed by atoms with E-state index in [1.165, 1.54) is 12.1 Å². The molecule has 4 heteroatoms. The van der Waals surface area contributed by atoms with Gasteiger partial charge in [0.15, 0.2) is 0 Å². The number of aryl methyl sites for hydroxylation is 2. The monoisotopic (exact) mass is 234 g/mol. The average Bonchev–Trinajstić information content (AvgIpc) is 2.58. The fraction of sp³-hybridized carbons (Fsp3) is 0.308. The Morgan fingerprint density at radius 2 is 2.12 bits per heavy atom. The summed E-state index contributed by atoms with van der Waals surface area (Å²) >= 11 is 0. The number of hydrogen-bond donors (Lipinski definition) is 0. The van der Waals surface area contributed by atoms with Crippen LogP contribution in [0.2, 0.25) is 0 Å². The van der Waals surface area contributed by atoms with E-state index in [0.29, 0.717) is 18.9 Å². The molecule has 0 fully saturated rings. The van der Waals surface area contributed by atoms with Crippen molar-refractivity contribution in [1.82, 2.24) is 9.78 Å². The first-order valence-electron chi connectivity index (χ1n) is 5.54. The lowest BCUT2D eigenvalue weighted by molar-refractivity contribution is 0.288. The molecule has 0 bridgehead atoms. The molecule has 0 aliphatic heterocycles. The van der Waals surface area contributed by atoms with Crippen molar-refractivity contribution < 1.29 is 9.13 Å². The predicted molar refractivity (Wildman–Crippen MR) is 63.6 cm³/mol. The van der Waals surface area contributed by atoms with Gasteiger partial charge in [0, 0.05) is 11.8 Å². The van der Waals surface area contributed by atoms with Crippen LogP contribution in [0.4, 0.5) is 4.39 Å². The molecule has 1 aromatic carbocycles. The number of nitrogens with zero attached hydrogens (tertiary/aromatic N) is 2. The molecule has 2 rings (SSSR count). The van der Waals surface area contributed by atoms with Crippen molar-refractivity contribution in [3.05, 3.63) is 47.5 Å². The minimum Gasteiger partial charge on any atom is -0.492 e. The maximum absolute atomic E-state index is 12.9. The summed E-state index contributed by atoms with van der Waals surface area (Å²) in [5.74, 6) is 0.264. The fourth-order valence-corrected chi connectivity index (χ4v) is 1.71. The Kier molecular flexibility index (Phi) is 3.42. The second-order valence-corrected chi connectivity index (χ2v) is 3.96. The van der Waals surface area contributed by atoms with Crippen molar-refractivity contribution in [3.8, 4) is 5.75 Å². The van der Waals surface area contributed by atoms with Gasteiger partial charge in [-0.1, -0.05) is 6.07 Å². The molecule has 0 unspecified atom stereocenters. The molecule has 1 heterocycles. The van der Waals surface area contributed by atoms with E-state index in [9.17, 15) is 4.39 Å². The van der Waals surface area contributed by atoms with Crippen molar-refractivity contribution in [2.75, 3.05) is 6.61 Å². The highest BCUT2D eigenvalue weighted by Gasteiger charge is 2.01. The number of aromatic nitrogens is 2. The van der Waals surface area contributed by atoms with Gasteiger partial charge >= 0.3 is 0 Å². The van der Waals surface area contributed by atoms with Crippen molar-refractivity contribution in [2.24, 2.45) is 0 Å². The zero-order chi connectivity index (χ0) is 12.3. The quantitative estimate of drug-likeness (QED) is 0.813. The lowest BCUT2D eigenvalue weighted by Gasteiger charge is -2.07. The topological polar surface area (TPSA) is 27.1 Å². The van der Waals surface area contributed by atoms with Crippen LogP contribution in [0.3, 0.4) is 0 Å². The van der Waals surface area contributed by atoms with Gasteiger partial charge in [-0.3, -0.25) is 4.68 Å². The van der Waals surface area contributed by atoms with Gasteiger partial charge in [-0.2, -0.15) is 5.10 Å². The second kappa shape index (κ2) is 4.99. The van der Waals surface area contributed by atoms with Gasteiger partial charge in [0.25, 0.3) is 0 Å². The highest BCUT2D eigenvalue weighted by Crippen LogP contribution is 2.12. The third kappa shape index (κ3) is 3.06. The number of rotatable bonds is 4. The first kappa shape index (κ1) is 11.6. The van der Waals surface area contributed by atoms with Gasteiger partial charge in [-0.25, -0.2) is 4.39 Å². The molecule has 0 aliphatic carbocycles. The number of hydrogen-bond acceptors (Lipinski definition) is 2. The third-order valence-electron chi connectivity index (χ3n) is 2.47. The van der Waals surface area contributed by atoms with Crippen LogP contribution in [0.1, 0.15) is 11.4 Å². The highest BCUT2D eigenvalue weighted by atomic mass is 19.1. The maximum Gasteiger partial charge on any atom is 0.126 e. The van der Waals surface area contributed by atoms with Crippen LogP contribution >= 0.6 is 0 Å². The van der Waals surface area contributed by atoms with Crippen LogP contribution in [0.25, 0.3) is 0 Å². The van der Waals surface area contributed by atoms with Crippen molar-refractivity contribution in [3.63, 3.8) is 0 Å². The van der Waals surface area contributed by atoms with Gasteiger partial charge in [0.1, 0.15) is 18.2 Å². The predicted octanol–water partition coefficient (Wildman–Crippen LogP) is 2.72. The summed E-state index contributed by atoms with van der Waals surface area (Å²) < 4.78 is 20.2. The van der Waals surface area contributed by atoms with Crippen LogP contribution in [-0.2, 0) is 6.54 Å². The highest BCUT2D eigenvalue weighted by molar-refractivity contribution is 5.22. The molecular formula is C13H15FN2O. The van der Waals surface area contributed by atoms with Crippen LogP contribution in [0.15, 0.2) is 30.3 Å². The van der Waals surface area contributed by atoms with Gasteiger partial charge in [-0.15, -0.1) is 0 Å². The van der Waals surface area contributed by atoms with Crippen LogP contribution in [0.5, 0.6) is 5.75 Å². The van der Waals surface area contributed by atoms with Crippen LogP contribution in [-0.4, -0.2) is 16.4 Å². The Bertz CT molecular complexity index is 508. The first-order chi connectivity index (χ1) is 8.15. The normalized spacial score (nSPS) is 10.5. The molecule has 3 nitrogen and oxygen atoms in total. The van der Waals surface area contributed by atoms with Crippen molar-refractivity contribution in [2.45, 2.75) is 20.4 Å². The molecule has 90 valence electrons. The number of benzene rings is 1. The molecule has 0 radical (unpaired) electrons. The minimum atomic E-state index is -0.284. The lowest BCUT2D eigenvalue weighted by Crippen LogP contribution is -2.10. The molecule has 0 atom stereocenters. The number of halogens is 1. The zero-order valence-corrected chi connectivity index (χ0v) is 9.98. The summed E-state index contributed by atoms with van der Waals surface area (Å²) in [7, 11) is 0. The van der Waals surface area contributed by atoms with Gasteiger partial charge in [-0.05, 0) is 32.0 Å². The maximum atomic E-state index is 12.9.